The van der Waals surface area contributed by atoms with Gasteiger partial charge in [-0.1, -0.05) is 38.0 Å². The smallest absolute Gasteiger partial charge is 0.420 e. The van der Waals surface area contributed by atoms with Crippen LogP contribution in [0, 0.1) is 0 Å². The molecule has 1 unspecified atom stereocenters. The van der Waals surface area contributed by atoms with E-state index in [0.717, 1.165) is 0 Å². The highest BCUT2D eigenvalue weighted by Gasteiger charge is 2.53. The third kappa shape index (κ3) is 3.91. The Labute approximate surface area is 104 Å². The maximum atomic E-state index is 12.8. The first-order valence-corrected chi connectivity index (χ1v) is 5.86. The predicted octanol–water partition coefficient (Wildman–Crippen LogP) is 3.55. The number of aliphatic hydroxyl groups is 1. The third-order valence-corrected chi connectivity index (χ3v) is 2.69. The normalized spacial score (nSPS) is 15.2. The molecule has 0 saturated carbocycles. The molecule has 102 valence electrons. The summed E-state index contributed by atoms with van der Waals surface area (Å²) in [7, 11) is 0. The van der Waals surface area contributed by atoms with Crippen molar-refractivity contribution < 1.29 is 23.0 Å². The monoisotopic (exact) mass is 262 g/mol. The second-order valence-electron chi connectivity index (χ2n) is 4.23. The van der Waals surface area contributed by atoms with Crippen LogP contribution in [0.4, 0.5) is 13.2 Å². The van der Waals surface area contributed by atoms with Gasteiger partial charge in [-0.3, -0.25) is 0 Å². The van der Waals surface area contributed by atoms with Crippen LogP contribution in [0.25, 0.3) is 0 Å². The maximum absolute atomic E-state index is 12.8. The fraction of sp³-hybridized carbons (Fsp3) is 0.538. The van der Waals surface area contributed by atoms with Gasteiger partial charge in [0.25, 0.3) is 0 Å². The molecule has 1 N–H and O–H groups in total. The minimum atomic E-state index is -4.68. The average Bonchev–Trinajstić information content (AvgIpc) is 2.34. The lowest BCUT2D eigenvalue weighted by molar-refractivity contribution is -0.271. The Morgan fingerprint density at radius 3 is 2.28 bits per heavy atom. The van der Waals surface area contributed by atoms with Crippen LogP contribution in [0.5, 0.6) is 5.75 Å². The quantitative estimate of drug-likeness (QED) is 0.849. The van der Waals surface area contributed by atoms with Crippen LogP contribution in [-0.4, -0.2) is 23.5 Å². The number of benzene rings is 1. The molecule has 0 saturated heterocycles. The first kappa shape index (κ1) is 14.8. The van der Waals surface area contributed by atoms with Crippen molar-refractivity contribution in [2.75, 3.05) is 6.61 Å². The predicted molar refractivity (Wildman–Crippen MR) is 62.5 cm³/mol. The van der Waals surface area contributed by atoms with E-state index in [-0.39, 0.29) is 6.42 Å². The lowest BCUT2D eigenvalue weighted by Gasteiger charge is -2.30. The van der Waals surface area contributed by atoms with Gasteiger partial charge in [0.15, 0.2) is 5.60 Å². The molecule has 1 aromatic rings. The van der Waals surface area contributed by atoms with Gasteiger partial charge in [-0.15, -0.1) is 0 Å². The van der Waals surface area contributed by atoms with Gasteiger partial charge < -0.3 is 9.84 Å². The molecule has 0 spiro atoms. The molecule has 0 heterocycles. The highest BCUT2D eigenvalue weighted by molar-refractivity contribution is 5.21. The first-order valence-electron chi connectivity index (χ1n) is 5.86. The average molecular weight is 262 g/mol. The van der Waals surface area contributed by atoms with Crippen molar-refractivity contribution in [3.8, 4) is 5.75 Å². The van der Waals surface area contributed by atoms with E-state index in [0.29, 0.717) is 18.6 Å². The lowest BCUT2D eigenvalue weighted by Crippen LogP contribution is -2.50. The van der Waals surface area contributed by atoms with Gasteiger partial charge in [0.05, 0.1) is 0 Å². The van der Waals surface area contributed by atoms with E-state index in [2.05, 4.69) is 0 Å². The molecule has 0 aliphatic rings. The van der Waals surface area contributed by atoms with E-state index in [1.54, 1.807) is 37.3 Å². The van der Waals surface area contributed by atoms with Crippen LogP contribution in [0.15, 0.2) is 30.3 Å². The van der Waals surface area contributed by atoms with Gasteiger partial charge in [-0.05, 0) is 18.6 Å². The fourth-order valence-electron chi connectivity index (χ4n) is 1.48. The zero-order valence-electron chi connectivity index (χ0n) is 10.2. The molecule has 0 aromatic heterocycles. The Bertz CT molecular complexity index is 351. The van der Waals surface area contributed by atoms with Gasteiger partial charge in [0.2, 0.25) is 0 Å². The van der Waals surface area contributed by atoms with Crippen molar-refractivity contribution in [3.05, 3.63) is 30.3 Å². The Hall–Kier alpha value is -1.23. The summed E-state index contributed by atoms with van der Waals surface area (Å²) in [6.07, 6.45) is -4.14. The Kier molecular flexibility index (Phi) is 5.02. The van der Waals surface area contributed by atoms with Crippen molar-refractivity contribution in [3.63, 3.8) is 0 Å². The van der Waals surface area contributed by atoms with E-state index < -0.39 is 18.4 Å². The summed E-state index contributed by atoms with van der Waals surface area (Å²) < 4.78 is 43.4. The first-order chi connectivity index (χ1) is 8.39. The molecular formula is C13H17F3O2. The molecule has 0 bridgehead atoms. The Morgan fingerprint density at radius 2 is 1.78 bits per heavy atom. The number of rotatable bonds is 6. The van der Waals surface area contributed by atoms with Crippen LogP contribution in [0.2, 0.25) is 0 Å². The zero-order chi connectivity index (χ0) is 13.6. The van der Waals surface area contributed by atoms with Gasteiger partial charge >= 0.3 is 6.18 Å². The van der Waals surface area contributed by atoms with E-state index in [4.69, 9.17) is 4.74 Å². The number of alkyl halides is 3. The largest absolute Gasteiger partial charge is 0.490 e. The number of ether oxygens (including phenoxy) is 1. The number of hydrogen-bond acceptors (Lipinski definition) is 2. The summed E-state index contributed by atoms with van der Waals surface area (Å²) in [5.41, 5.74) is -2.78. The molecule has 0 aliphatic carbocycles. The SMILES string of the molecule is CCCCC(O)(COc1ccccc1)C(F)(F)F. The van der Waals surface area contributed by atoms with E-state index >= 15 is 0 Å². The summed E-state index contributed by atoms with van der Waals surface area (Å²) in [6.45, 7) is 0.995. The Morgan fingerprint density at radius 1 is 1.17 bits per heavy atom. The molecule has 2 nitrogen and oxygen atoms in total. The van der Waals surface area contributed by atoms with Crippen molar-refractivity contribution in [2.45, 2.75) is 38.0 Å². The summed E-state index contributed by atoms with van der Waals surface area (Å²) >= 11 is 0. The van der Waals surface area contributed by atoms with Crippen molar-refractivity contribution in [2.24, 2.45) is 0 Å². The molecule has 0 amide bonds. The van der Waals surface area contributed by atoms with E-state index in [9.17, 15) is 18.3 Å². The van der Waals surface area contributed by atoms with Crippen LogP contribution in [0.3, 0.4) is 0 Å². The minimum Gasteiger partial charge on any atom is -0.490 e. The summed E-state index contributed by atoms with van der Waals surface area (Å²) in [4.78, 5) is 0. The standard InChI is InChI=1S/C13H17F3O2/c1-2-3-9-12(17,13(14,15)16)10-18-11-7-5-4-6-8-11/h4-8,17H,2-3,9-10H2,1H3. The highest BCUT2D eigenvalue weighted by atomic mass is 19.4. The van der Waals surface area contributed by atoms with Crippen LogP contribution < -0.4 is 4.74 Å². The van der Waals surface area contributed by atoms with Crippen molar-refractivity contribution in [1.29, 1.82) is 0 Å². The summed E-state index contributed by atoms with van der Waals surface area (Å²) in [5.74, 6) is 0.316. The number of hydrogen-bond donors (Lipinski definition) is 1. The van der Waals surface area contributed by atoms with Gasteiger partial charge in [-0.25, -0.2) is 0 Å². The molecule has 1 rings (SSSR count). The molecule has 18 heavy (non-hydrogen) atoms. The lowest BCUT2D eigenvalue weighted by atomic mass is 9.97. The molecule has 1 aromatic carbocycles. The van der Waals surface area contributed by atoms with E-state index in [1.165, 1.54) is 0 Å². The van der Waals surface area contributed by atoms with Crippen molar-refractivity contribution >= 4 is 0 Å². The highest BCUT2D eigenvalue weighted by Crippen LogP contribution is 2.35. The maximum Gasteiger partial charge on any atom is 0.420 e. The van der Waals surface area contributed by atoms with Crippen LogP contribution >= 0.6 is 0 Å². The second-order valence-corrected chi connectivity index (χ2v) is 4.23. The van der Waals surface area contributed by atoms with Gasteiger partial charge in [0, 0.05) is 0 Å². The Balaban J connectivity index is 2.68. The summed E-state index contributed by atoms with van der Waals surface area (Å²) in [5, 5.41) is 9.69. The van der Waals surface area contributed by atoms with Crippen LogP contribution in [-0.2, 0) is 0 Å². The molecule has 1 atom stereocenters. The molecule has 0 aliphatic heterocycles. The third-order valence-electron chi connectivity index (χ3n) is 2.69. The summed E-state index contributed by atoms with van der Waals surface area (Å²) in [6, 6.07) is 8.16. The van der Waals surface area contributed by atoms with Gasteiger partial charge in [0.1, 0.15) is 12.4 Å². The van der Waals surface area contributed by atoms with Gasteiger partial charge in [-0.2, -0.15) is 13.2 Å². The van der Waals surface area contributed by atoms with Crippen LogP contribution in [0.1, 0.15) is 26.2 Å². The zero-order valence-corrected chi connectivity index (χ0v) is 10.2. The minimum absolute atomic E-state index is 0.300. The fourth-order valence-corrected chi connectivity index (χ4v) is 1.48. The molecule has 0 radical (unpaired) electrons. The van der Waals surface area contributed by atoms with E-state index in [1.807, 2.05) is 0 Å². The number of para-hydroxylation sites is 1. The number of unbranched alkanes of at least 4 members (excludes halogenated alkanes) is 1. The molecule has 5 heteroatoms. The number of halogens is 3. The molecule has 0 fully saturated rings. The second kappa shape index (κ2) is 6.09. The topological polar surface area (TPSA) is 29.5 Å². The molecular weight excluding hydrogens is 245 g/mol. The van der Waals surface area contributed by atoms with Crippen molar-refractivity contribution in [1.82, 2.24) is 0 Å².